The lowest BCUT2D eigenvalue weighted by molar-refractivity contribution is 0.0185. The molecule has 0 bridgehead atoms. The number of morpholine rings is 1. The van der Waals surface area contributed by atoms with E-state index < -0.39 is 0 Å². The molecule has 0 spiro atoms. The summed E-state index contributed by atoms with van der Waals surface area (Å²) in [5, 5.41) is 9.47. The fourth-order valence-electron chi connectivity index (χ4n) is 2.99. The summed E-state index contributed by atoms with van der Waals surface area (Å²) >= 11 is 0. The number of phenols is 1. The summed E-state index contributed by atoms with van der Waals surface area (Å²) in [6.07, 6.45) is 1.02. The van der Waals surface area contributed by atoms with Crippen molar-refractivity contribution < 1.29 is 14.6 Å². The number of carbonyl (C=O) groups excluding carboxylic acids is 1. The maximum atomic E-state index is 12.4. The number of hydrogen-bond donors (Lipinski definition) is 1. The maximum Gasteiger partial charge on any atom is 0.254 e. The summed E-state index contributed by atoms with van der Waals surface area (Å²) in [6, 6.07) is 7.02. The van der Waals surface area contributed by atoms with E-state index in [9.17, 15) is 9.90 Å². The minimum atomic E-state index is 0.0108. The molecule has 1 N–H and O–H groups in total. The van der Waals surface area contributed by atoms with Gasteiger partial charge in [-0.1, -0.05) is 6.07 Å². The zero-order valence-corrected chi connectivity index (χ0v) is 11.5. The molecule has 5 heteroatoms. The Hall–Kier alpha value is -1.59. The minimum Gasteiger partial charge on any atom is -0.508 e. The van der Waals surface area contributed by atoms with Gasteiger partial charge in [0.1, 0.15) is 5.75 Å². The van der Waals surface area contributed by atoms with Crippen molar-refractivity contribution in [3.05, 3.63) is 29.8 Å². The SMILES string of the molecule is O=C(c1cccc(O)c1)N1CCC(N2CCOCC2)C1. The van der Waals surface area contributed by atoms with Crippen molar-refractivity contribution in [1.29, 1.82) is 0 Å². The van der Waals surface area contributed by atoms with Gasteiger partial charge < -0.3 is 14.7 Å². The van der Waals surface area contributed by atoms with E-state index in [-0.39, 0.29) is 11.7 Å². The first-order chi connectivity index (χ1) is 9.74. The molecule has 2 saturated heterocycles. The van der Waals surface area contributed by atoms with Gasteiger partial charge in [0.25, 0.3) is 5.91 Å². The van der Waals surface area contributed by atoms with Gasteiger partial charge in [0, 0.05) is 37.8 Å². The molecule has 2 aliphatic heterocycles. The van der Waals surface area contributed by atoms with E-state index in [1.807, 2.05) is 4.90 Å². The van der Waals surface area contributed by atoms with Gasteiger partial charge in [-0.15, -0.1) is 0 Å². The zero-order chi connectivity index (χ0) is 13.9. The Balaban J connectivity index is 1.63. The Morgan fingerprint density at radius 2 is 2.05 bits per heavy atom. The van der Waals surface area contributed by atoms with E-state index in [1.165, 1.54) is 6.07 Å². The predicted octanol–water partition coefficient (Wildman–Crippen LogP) is 0.939. The van der Waals surface area contributed by atoms with Crippen molar-refractivity contribution in [2.75, 3.05) is 39.4 Å². The van der Waals surface area contributed by atoms with Crippen LogP contribution in [-0.4, -0.2) is 66.2 Å². The Kier molecular flexibility index (Phi) is 3.89. The third-order valence-electron chi connectivity index (χ3n) is 4.11. The van der Waals surface area contributed by atoms with Gasteiger partial charge in [-0.25, -0.2) is 0 Å². The van der Waals surface area contributed by atoms with Crippen LogP contribution in [0, 0.1) is 0 Å². The van der Waals surface area contributed by atoms with E-state index in [1.54, 1.807) is 18.2 Å². The molecule has 2 fully saturated rings. The van der Waals surface area contributed by atoms with Crippen LogP contribution in [0.4, 0.5) is 0 Å². The summed E-state index contributed by atoms with van der Waals surface area (Å²) in [7, 11) is 0. The van der Waals surface area contributed by atoms with Crippen LogP contribution in [0.5, 0.6) is 5.75 Å². The molecule has 0 aliphatic carbocycles. The smallest absolute Gasteiger partial charge is 0.254 e. The number of hydrogen-bond acceptors (Lipinski definition) is 4. The number of likely N-dealkylation sites (tertiary alicyclic amines) is 1. The van der Waals surface area contributed by atoms with Gasteiger partial charge in [0.2, 0.25) is 0 Å². The van der Waals surface area contributed by atoms with E-state index in [2.05, 4.69) is 4.90 Å². The molecule has 1 atom stereocenters. The monoisotopic (exact) mass is 276 g/mol. The Labute approximate surface area is 118 Å². The average Bonchev–Trinajstić information content (AvgIpc) is 2.97. The summed E-state index contributed by atoms with van der Waals surface area (Å²) in [5.74, 6) is 0.149. The first kappa shape index (κ1) is 13.4. The van der Waals surface area contributed by atoms with Crippen molar-refractivity contribution in [2.45, 2.75) is 12.5 Å². The van der Waals surface area contributed by atoms with Gasteiger partial charge in [-0.3, -0.25) is 9.69 Å². The predicted molar refractivity (Wildman–Crippen MR) is 74.8 cm³/mol. The van der Waals surface area contributed by atoms with Crippen LogP contribution in [0.3, 0.4) is 0 Å². The number of benzene rings is 1. The minimum absolute atomic E-state index is 0.0108. The van der Waals surface area contributed by atoms with Crippen molar-refractivity contribution in [3.63, 3.8) is 0 Å². The number of carbonyl (C=O) groups is 1. The Morgan fingerprint density at radius 3 is 2.80 bits per heavy atom. The van der Waals surface area contributed by atoms with Crippen LogP contribution in [0.2, 0.25) is 0 Å². The Bertz CT molecular complexity index is 486. The number of aromatic hydroxyl groups is 1. The number of rotatable bonds is 2. The molecular weight excluding hydrogens is 256 g/mol. The lowest BCUT2D eigenvalue weighted by atomic mass is 10.2. The summed E-state index contributed by atoms with van der Waals surface area (Å²) < 4.78 is 5.37. The number of nitrogens with zero attached hydrogens (tertiary/aromatic N) is 2. The normalized spacial score (nSPS) is 24.0. The second kappa shape index (κ2) is 5.81. The van der Waals surface area contributed by atoms with Crippen LogP contribution in [0.25, 0.3) is 0 Å². The second-order valence-corrected chi connectivity index (χ2v) is 5.39. The summed E-state index contributed by atoms with van der Waals surface area (Å²) in [6.45, 7) is 5.05. The molecule has 108 valence electrons. The highest BCUT2D eigenvalue weighted by molar-refractivity contribution is 5.94. The van der Waals surface area contributed by atoms with Crippen molar-refractivity contribution >= 4 is 5.91 Å². The van der Waals surface area contributed by atoms with Crippen molar-refractivity contribution in [1.82, 2.24) is 9.80 Å². The quantitative estimate of drug-likeness (QED) is 0.873. The topological polar surface area (TPSA) is 53.0 Å². The highest BCUT2D eigenvalue weighted by Crippen LogP contribution is 2.20. The van der Waals surface area contributed by atoms with Gasteiger partial charge in [-0.2, -0.15) is 0 Å². The molecule has 1 unspecified atom stereocenters. The largest absolute Gasteiger partial charge is 0.508 e. The molecule has 2 heterocycles. The highest BCUT2D eigenvalue weighted by atomic mass is 16.5. The van der Waals surface area contributed by atoms with E-state index in [0.717, 1.165) is 45.8 Å². The number of amides is 1. The van der Waals surface area contributed by atoms with E-state index in [0.29, 0.717) is 11.6 Å². The first-order valence-electron chi connectivity index (χ1n) is 7.14. The third-order valence-corrected chi connectivity index (χ3v) is 4.11. The molecule has 0 radical (unpaired) electrons. The highest BCUT2D eigenvalue weighted by Gasteiger charge is 2.31. The molecular formula is C15H20N2O3. The second-order valence-electron chi connectivity index (χ2n) is 5.39. The molecule has 2 aliphatic rings. The third kappa shape index (κ3) is 2.78. The summed E-state index contributed by atoms with van der Waals surface area (Å²) in [4.78, 5) is 16.7. The van der Waals surface area contributed by atoms with E-state index in [4.69, 9.17) is 4.74 Å². The van der Waals surface area contributed by atoms with Crippen LogP contribution >= 0.6 is 0 Å². The van der Waals surface area contributed by atoms with Gasteiger partial charge in [0.05, 0.1) is 13.2 Å². The molecule has 20 heavy (non-hydrogen) atoms. The lowest BCUT2D eigenvalue weighted by Gasteiger charge is -2.32. The standard InChI is InChI=1S/C15H20N2O3/c18-14-3-1-2-12(10-14)15(19)17-5-4-13(11-17)16-6-8-20-9-7-16/h1-3,10,13,18H,4-9,11H2. The summed E-state index contributed by atoms with van der Waals surface area (Å²) in [5.41, 5.74) is 0.563. The Morgan fingerprint density at radius 1 is 1.25 bits per heavy atom. The average molecular weight is 276 g/mol. The van der Waals surface area contributed by atoms with Crippen molar-refractivity contribution in [2.24, 2.45) is 0 Å². The van der Waals surface area contributed by atoms with Crippen LogP contribution in [0.1, 0.15) is 16.8 Å². The number of ether oxygens (including phenoxy) is 1. The van der Waals surface area contributed by atoms with Crippen molar-refractivity contribution in [3.8, 4) is 5.75 Å². The number of phenolic OH excluding ortho intramolecular Hbond substituents is 1. The zero-order valence-electron chi connectivity index (χ0n) is 11.5. The van der Waals surface area contributed by atoms with Crippen LogP contribution in [-0.2, 0) is 4.74 Å². The van der Waals surface area contributed by atoms with Gasteiger partial charge in [0.15, 0.2) is 0 Å². The van der Waals surface area contributed by atoms with Gasteiger partial charge in [-0.05, 0) is 24.6 Å². The first-order valence-corrected chi connectivity index (χ1v) is 7.14. The lowest BCUT2D eigenvalue weighted by Crippen LogP contribution is -2.45. The molecule has 5 nitrogen and oxygen atoms in total. The molecule has 1 aromatic carbocycles. The van der Waals surface area contributed by atoms with E-state index >= 15 is 0 Å². The fraction of sp³-hybridized carbons (Fsp3) is 0.533. The molecule has 3 rings (SSSR count). The van der Waals surface area contributed by atoms with Gasteiger partial charge >= 0.3 is 0 Å². The molecule has 1 aromatic rings. The van der Waals surface area contributed by atoms with Crippen LogP contribution < -0.4 is 0 Å². The molecule has 0 aromatic heterocycles. The maximum absolute atomic E-state index is 12.4. The molecule has 1 amide bonds. The fourth-order valence-corrected chi connectivity index (χ4v) is 2.99. The van der Waals surface area contributed by atoms with Crippen LogP contribution in [0.15, 0.2) is 24.3 Å². The molecule has 0 saturated carbocycles.